The van der Waals surface area contributed by atoms with Crippen LogP contribution in [-0.4, -0.2) is 14.1 Å². The molecule has 4 heteroatoms. The first-order valence-corrected chi connectivity index (χ1v) is 6.54. The van der Waals surface area contributed by atoms with E-state index >= 15 is 0 Å². The Morgan fingerprint density at radius 1 is 1.16 bits per heavy atom. The number of halogens is 1. The fourth-order valence-corrected chi connectivity index (χ4v) is 1.97. The van der Waals surface area contributed by atoms with Crippen LogP contribution >= 0.6 is 15.9 Å². The van der Waals surface area contributed by atoms with Gasteiger partial charge in [0.1, 0.15) is 17.6 Å². The van der Waals surface area contributed by atoms with E-state index in [1.807, 2.05) is 49.3 Å². The third-order valence-corrected chi connectivity index (χ3v) is 3.12. The summed E-state index contributed by atoms with van der Waals surface area (Å²) in [4.78, 5) is 2.00. The summed E-state index contributed by atoms with van der Waals surface area (Å²) < 4.78 is 6.67. The maximum Gasteiger partial charge on any atom is 0.146 e. The molecule has 0 fully saturated rings. The van der Waals surface area contributed by atoms with Gasteiger partial charge in [-0.3, -0.25) is 0 Å². The molecule has 3 nitrogen and oxygen atoms in total. The van der Waals surface area contributed by atoms with Crippen LogP contribution in [0.1, 0.15) is 5.56 Å². The SMILES string of the molecule is CN(C)c1cccc(Oc2cc(Br)ccc2C#N)c1. The first kappa shape index (κ1) is 13.4. The van der Waals surface area contributed by atoms with Gasteiger partial charge in [-0.15, -0.1) is 0 Å². The number of hydrogen-bond acceptors (Lipinski definition) is 3. The van der Waals surface area contributed by atoms with Crippen LogP contribution in [0.4, 0.5) is 5.69 Å². The Labute approximate surface area is 121 Å². The first-order chi connectivity index (χ1) is 9.10. The van der Waals surface area contributed by atoms with Crippen LogP contribution in [0.25, 0.3) is 0 Å². The Morgan fingerprint density at radius 3 is 2.63 bits per heavy atom. The molecule has 0 aliphatic carbocycles. The predicted octanol–water partition coefficient (Wildman–Crippen LogP) is 4.18. The van der Waals surface area contributed by atoms with Crippen molar-refractivity contribution in [1.82, 2.24) is 0 Å². The van der Waals surface area contributed by atoms with Crippen molar-refractivity contribution in [3.05, 3.63) is 52.5 Å². The average Bonchev–Trinajstić information content (AvgIpc) is 2.39. The van der Waals surface area contributed by atoms with E-state index in [-0.39, 0.29) is 0 Å². The molecule has 0 saturated heterocycles. The standard InChI is InChI=1S/C15H13BrN2O/c1-18(2)13-4-3-5-14(9-13)19-15-8-12(16)7-6-11(15)10-17/h3-9H,1-2H3. The van der Waals surface area contributed by atoms with Gasteiger partial charge in [-0.2, -0.15) is 5.26 Å². The largest absolute Gasteiger partial charge is 0.456 e. The van der Waals surface area contributed by atoms with Crippen LogP contribution in [0.2, 0.25) is 0 Å². The Bertz CT molecular complexity index is 632. The Morgan fingerprint density at radius 2 is 1.95 bits per heavy atom. The van der Waals surface area contributed by atoms with E-state index in [2.05, 4.69) is 22.0 Å². The first-order valence-electron chi connectivity index (χ1n) is 5.75. The number of ether oxygens (including phenoxy) is 1. The molecule has 0 aliphatic heterocycles. The third-order valence-electron chi connectivity index (χ3n) is 2.63. The molecule has 2 rings (SSSR count). The molecular formula is C15H13BrN2O. The molecular weight excluding hydrogens is 304 g/mol. The minimum Gasteiger partial charge on any atom is -0.456 e. The molecule has 19 heavy (non-hydrogen) atoms. The zero-order chi connectivity index (χ0) is 13.8. The second-order valence-corrected chi connectivity index (χ2v) is 5.16. The summed E-state index contributed by atoms with van der Waals surface area (Å²) in [6.07, 6.45) is 0. The van der Waals surface area contributed by atoms with Crippen molar-refractivity contribution in [2.75, 3.05) is 19.0 Å². The molecule has 0 N–H and O–H groups in total. The zero-order valence-corrected chi connectivity index (χ0v) is 12.3. The lowest BCUT2D eigenvalue weighted by atomic mass is 10.2. The molecule has 0 heterocycles. The third kappa shape index (κ3) is 3.27. The van der Waals surface area contributed by atoms with Crippen molar-refractivity contribution in [1.29, 1.82) is 5.26 Å². The van der Waals surface area contributed by atoms with Gasteiger partial charge in [0, 0.05) is 30.3 Å². The topological polar surface area (TPSA) is 36.3 Å². The summed E-state index contributed by atoms with van der Waals surface area (Å²) >= 11 is 3.38. The van der Waals surface area contributed by atoms with Gasteiger partial charge in [0.15, 0.2) is 0 Å². The van der Waals surface area contributed by atoms with E-state index in [1.54, 1.807) is 12.1 Å². The minimum atomic E-state index is 0.512. The molecule has 0 aliphatic rings. The summed E-state index contributed by atoms with van der Waals surface area (Å²) in [5, 5.41) is 9.08. The van der Waals surface area contributed by atoms with Crippen LogP contribution < -0.4 is 9.64 Å². The number of benzene rings is 2. The Kier molecular flexibility index (Phi) is 4.08. The molecule has 0 atom stereocenters. The van der Waals surface area contributed by atoms with Crippen molar-refractivity contribution in [3.63, 3.8) is 0 Å². The van der Waals surface area contributed by atoms with Crippen molar-refractivity contribution < 1.29 is 4.74 Å². The van der Waals surface area contributed by atoms with E-state index in [0.29, 0.717) is 17.1 Å². The molecule has 2 aromatic carbocycles. The number of nitrogens with zero attached hydrogens (tertiary/aromatic N) is 2. The van der Waals surface area contributed by atoms with Gasteiger partial charge >= 0.3 is 0 Å². The highest BCUT2D eigenvalue weighted by Gasteiger charge is 2.06. The number of rotatable bonds is 3. The smallest absolute Gasteiger partial charge is 0.146 e. The van der Waals surface area contributed by atoms with Crippen LogP contribution in [0, 0.1) is 11.3 Å². The quantitative estimate of drug-likeness (QED) is 0.852. The Balaban J connectivity index is 2.33. The highest BCUT2D eigenvalue weighted by Crippen LogP contribution is 2.29. The normalized spacial score (nSPS) is 9.79. The highest BCUT2D eigenvalue weighted by atomic mass is 79.9. The monoisotopic (exact) mass is 316 g/mol. The van der Waals surface area contributed by atoms with Gasteiger partial charge < -0.3 is 9.64 Å². The number of hydrogen-bond donors (Lipinski definition) is 0. The van der Waals surface area contributed by atoms with E-state index in [4.69, 9.17) is 10.00 Å². The predicted molar refractivity (Wildman–Crippen MR) is 79.7 cm³/mol. The number of anilines is 1. The molecule has 0 unspecified atom stereocenters. The van der Waals surface area contributed by atoms with E-state index in [9.17, 15) is 0 Å². The van der Waals surface area contributed by atoms with Gasteiger partial charge in [0.25, 0.3) is 0 Å². The molecule has 0 amide bonds. The zero-order valence-electron chi connectivity index (χ0n) is 10.7. The average molecular weight is 317 g/mol. The van der Waals surface area contributed by atoms with Gasteiger partial charge in [0.2, 0.25) is 0 Å². The molecule has 2 aromatic rings. The van der Waals surface area contributed by atoms with Crippen molar-refractivity contribution in [3.8, 4) is 17.6 Å². The highest BCUT2D eigenvalue weighted by molar-refractivity contribution is 9.10. The van der Waals surface area contributed by atoms with E-state index < -0.39 is 0 Å². The van der Waals surface area contributed by atoms with Crippen molar-refractivity contribution in [2.45, 2.75) is 0 Å². The summed E-state index contributed by atoms with van der Waals surface area (Å²) in [6, 6.07) is 15.2. The molecule has 96 valence electrons. The number of nitriles is 1. The lowest BCUT2D eigenvalue weighted by molar-refractivity contribution is 0.481. The fraction of sp³-hybridized carbons (Fsp3) is 0.133. The fourth-order valence-electron chi connectivity index (χ4n) is 1.63. The van der Waals surface area contributed by atoms with Gasteiger partial charge in [-0.1, -0.05) is 22.0 Å². The maximum atomic E-state index is 9.08. The van der Waals surface area contributed by atoms with Crippen molar-refractivity contribution in [2.24, 2.45) is 0 Å². The van der Waals surface area contributed by atoms with Crippen LogP contribution in [-0.2, 0) is 0 Å². The van der Waals surface area contributed by atoms with Gasteiger partial charge in [0.05, 0.1) is 5.56 Å². The van der Waals surface area contributed by atoms with Crippen LogP contribution in [0.15, 0.2) is 46.9 Å². The second-order valence-electron chi connectivity index (χ2n) is 4.25. The molecule has 0 spiro atoms. The summed E-state index contributed by atoms with van der Waals surface area (Å²) in [7, 11) is 3.94. The minimum absolute atomic E-state index is 0.512. The maximum absolute atomic E-state index is 9.08. The Hall–Kier alpha value is -1.99. The lowest BCUT2D eigenvalue weighted by Gasteiger charge is -2.14. The van der Waals surface area contributed by atoms with E-state index in [0.717, 1.165) is 10.2 Å². The molecule has 0 saturated carbocycles. The molecule has 0 aromatic heterocycles. The molecule has 0 radical (unpaired) electrons. The summed E-state index contributed by atoms with van der Waals surface area (Å²) in [5.41, 5.74) is 1.56. The summed E-state index contributed by atoms with van der Waals surface area (Å²) in [6.45, 7) is 0. The van der Waals surface area contributed by atoms with Crippen LogP contribution in [0.5, 0.6) is 11.5 Å². The lowest BCUT2D eigenvalue weighted by Crippen LogP contribution is -2.08. The van der Waals surface area contributed by atoms with Gasteiger partial charge in [-0.25, -0.2) is 0 Å². The van der Waals surface area contributed by atoms with Crippen LogP contribution in [0.3, 0.4) is 0 Å². The van der Waals surface area contributed by atoms with Crippen molar-refractivity contribution >= 4 is 21.6 Å². The van der Waals surface area contributed by atoms with Gasteiger partial charge in [-0.05, 0) is 30.3 Å². The summed E-state index contributed by atoms with van der Waals surface area (Å²) in [5.74, 6) is 1.26. The van der Waals surface area contributed by atoms with E-state index in [1.165, 1.54) is 0 Å². The second kappa shape index (κ2) is 5.77. The molecule has 0 bridgehead atoms.